The molecule has 2 heterocycles. The normalized spacial score (nSPS) is 11.1. The van der Waals surface area contributed by atoms with E-state index in [0.29, 0.717) is 16.9 Å². The van der Waals surface area contributed by atoms with Crippen molar-refractivity contribution in [2.75, 3.05) is 0 Å². The van der Waals surface area contributed by atoms with E-state index in [-0.39, 0.29) is 0 Å². The highest BCUT2D eigenvalue weighted by atomic mass is 15.0. The molecule has 6 aromatic carbocycles. The van der Waals surface area contributed by atoms with Gasteiger partial charge < -0.3 is 9.13 Å². The van der Waals surface area contributed by atoms with Crippen LogP contribution in [0.1, 0.15) is 5.56 Å². The third kappa shape index (κ3) is 3.77. The molecule has 0 radical (unpaired) electrons. The summed E-state index contributed by atoms with van der Waals surface area (Å²) in [6.45, 7) is 15.0. The first-order valence-electron chi connectivity index (χ1n) is 14.1. The maximum Gasteiger partial charge on any atom is 0.188 e. The number of benzene rings is 6. The highest BCUT2D eigenvalue weighted by Crippen LogP contribution is 2.38. The Bertz CT molecular complexity index is 2600. The Labute approximate surface area is 253 Å². The van der Waals surface area contributed by atoms with Gasteiger partial charge in [0.2, 0.25) is 0 Å². The van der Waals surface area contributed by atoms with Gasteiger partial charge in [0.25, 0.3) is 0 Å². The van der Waals surface area contributed by atoms with E-state index < -0.39 is 0 Å². The number of para-hydroxylation sites is 2. The van der Waals surface area contributed by atoms with E-state index in [0.717, 1.165) is 66.1 Å². The van der Waals surface area contributed by atoms with E-state index in [1.807, 2.05) is 78.9 Å². The van der Waals surface area contributed by atoms with Crippen molar-refractivity contribution in [3.8, 4) is 28.6 Å². The highest BCUT2D eigenvalue weighted by molar-refractivity contribution is 6.11. The van der Waals surface area contributed by atoms with Gasteiger partial charge in [0, 0.05) is 22.1 Å². The summed E-state index contributed by atoms with van der Waals surface area (Å²) < 4.78 is 4.41. The fourth-order valence-corrected chi connectivity index (χ4v) is 6.41. The highest BCUT2D eigenvalue weighted by Gasteiger charge is 2.16. The predicted molar refractivity (Wildman–Crippen MR) is 178 cm³/mol. The molecule has 0 bridgehead atoms. The molecular weight excluding hydrogens is 538 g/mol. The summed E-state index contributed by atoms with van der Waals surface area (Å²) in [4.78, 5) is 7.30. The first-order valence-corrected chi connectivity index (χ1v) is 14.1. The van der Waals surface area contributed by atoms with E-state index in [4.69, 9.17) is 13.1 Å². The number of rotatable bonds is 3. The Morgan fingerprint density at radius 3 is 1.61 bits per heavy atom. The van der Waals surface area contributed by atoms with E-state index >= 15 is 0 Å². The van der Waals surface area contributed by atoms with Crippen LogP contribution in [0, 0.1) is 24.5 Å². The minimum Gasteiger partial charge on any atom is -0.309 e. The second-order valence-electron chi connectivity index (χ2n) is 10.8. The number of hydrogen-bond donors (Lipinski definition) is 0. The standard InChI is InChI=1S/C39H21N5/c1-41-28-14-16-38-34(22-28)32-10-3-5-12-36(32)43(38)30-9-7-8-26(20-30)27-18-25(24-40)19-31(21-27)44-37-13-6-4-11-33(37)35-23-29(42-2)15-17-39(35)44/h3-23H. The summed E-state index contributed by atoms with van der Waals surface area (Å²) in [5.41, 5.74) is 9.68. The summed E-state index contributed by atoms with van der Waals surface area (Å²) in [5.74, 6) is 0. The molecule has 0 aliphatic carbocycles. The molecular formula is C39H21N5. The Balaban J connectivity index is 1.35. The average molecular weight is 560 g/mol. The fraction of sp³-hybridized carbons (Fsp3) is 0. The topological polar surface area (TPSA) is 42.4 Å². The summed E-state index contributed by atoms with van der Waals surface area (Å²) >= 11 is 0. The molecule has 0 spiro atoms. The number of nitrogens with zero attached hydrogens (tertiary/aromatic N) is 5. The summed E-state index contributed by atoms with van der Waals surface area (Å²) in [6.07, 6.45) is 0. The van der Waals surface area contributed by atoms with Crippen molar-refractivity contribution in [3.63, 3.8) is 0 Å². The number of aromatic nitrogens is 2. The zero-order valence-electron chi connectivity index (χ0n) is 23.4. The van der Waals surface area contributed by atoms with Gasteiger partial charge in [0.1, 0.15) is 0 Å². The lowest BCUT2D eigenvalue weighted by molar-refractivity contribution is 1.17. The van der Waals surface area contributed by atoms with Gasteiger partial charge in [-0.15, -0.1) is 0 Å². The smallest absolute Gasteiger partial charge is 0.188 e. The Hall–Kier alpha value is -6.61. The van der Waals surface area contributed by atoms with Gasteiger partial charge in [0.05, 0.1) is 46.8 Å². The molecule has 44 heavy (non-hydrogen) atoms. The molecule has 202 valence electrons. The molecule has 0 saturated carbocycles. The Kier molecular flexibility index (Phi) is 5.56. The Morgan fingerprint density at radius 2 is 1.02 bits per heavy atom. The maximum absolute atomic E-state index is 10.1. The van der Waals surface area contributed by atoms with Crippen LogP contribution in [0.15, 0.2) is 127 Å². The van der Waals surface area contributed by atoms with Crippen LogP contribution < -0.4 is 0 Å². The van der Waals surface area contributed by atoms with E-state index in [2.05, 4.69) is 73.4 Å². The summed E-state index contributed by atoms with van der Waals surface area (Å²) in [7, 11) is 0. The molecule has 0 aliphatic rings. The lowest BCUT2D eigenvalue weighted by atomic mass is 10.0. The second kappa shape index (κ2) is 9.74. The third-order valence-electron chi connectivity index (χ3n) is 8.31. The SMILES string of the molecule is [C-]#[N+]c1ccc2c(c1)c1ccccc1n2-c1cccc(-c2cc(C#N)cc(-n3c4ccccc4c4cc([N+]#[C-])ccc43)c2)c1. The molecule has 0 N–H and O–H groups in total. The lowest BCUT2D eigenvalue weighted by Gasteiger charge is -2.13. The minimum atomic E-state index is 0.565. The van der Waals surface area contributed by atoms with Crippen LogP contribution in [-0.2, 0) is 0 Å². The van der Waals surface area contributed by atoms with Crippen molar-refractivity contribution in [2.45, 2.75) is 0 Å². The number of hydrogen-bond acceptors (Lipinski definition) is 1. The van der Waals surface area contributed by atoms with Crippen LogP contribution in [0.4, 0.5) is 11.4 Å². The van der Waals surface area contributed by atoms with Crippen molar-refractivity contribution in [2.24, 2.45) is 0 Å². The van der Waals surface area contributed by atoms with Crippen molar-refractivity contribution in [1.82, 2.24) is 9.13 Å². The first-order chi connectivity index (χ1) is 21.7. The monoisotopic (exact) mass is 559 g/mol. The van der Waals surface area contributed by atoms with Gasteiger partial charge in [-0.25, -0.2) is 9.69 Å². The molecule has 0 saturated heterocycles. The lowest BCUT2D eigenvalue weighted by Crippen LogP contribution is -1.97. The van der Waals surface area contributed by atoms with E-state index in [1.54, 1.807) is 0 Å². The van der Waals surface area contributed by atoms with Crippen LogP contribution in [-0.4, -0.2) is 9.13 Å². The van der Waals surface area contributed by atoms with E-state index in [9.17, 15) is 5.26 Å². The molecule has 0 fully saturated rings. The van der Waals surface area contributed by atoms with Gasteiger partial charge in [-0.05, 0) is 88.6 Å². The van der Waals surface area contributed by atoms with Crippen molar-refractivity contribution >= 4 is 55.0 Å². The zero-order chi connectivity index (χ0) is 29.8. The van der Waals surface area contributed by atoms with Crippen molar-refractivity contribution < 1.29 is 0 Å². The average Bonchev–Trinajstić information content (AvgIpc) is 3.60. The maximum atomic E-state index is 10.1. The van der Waals surface area contributed by atoms with Gasteiger partial charge in [-0.2, -0.15) is 5.26 Å². The van der Waals surface area contributed by atoms with Gasteiger partial charge in [-0.3, -0.25) is 0 Å². The van der Waals surface area contributed by atoms with Crippen LogP contribution >= 0.6 is 0 Å². The fourth-order valence-electron chi connectivity index (χ4n) is 6.41. The largest absolute Gasteiger partial charge is 0.309 e. The molecule has 5 nitrogen and oxygen atoms in total. The summed E-state index contributed by atoms with van der Waals surface area (Å²) in [6, 6.07) is 44.8. The third-order valence-corrected chi connectivity index (χ3v) is 8.31. The second-order valence-corrected chi connectivity index (χ2v) is 10.8. The molecule has 0 atom stereocenters. The van der Waals surface area contributed by atoms with Crippen molar-refractivity contribution in [3.05, 3.63) is 156 Å². The van der Waals surface area contributed by atoms with Crippen LogP contribution in [0.25, 0.3) is 75.8 Å². The zero-order valence-corrected chi connectivity index (χ0v) is 23.4. The summed E-state index contributed by atoms with van der Waals surface area (Å²) in [5, 5.41) is 14.3. The first kappa shape index (κ1) is 25.1. The predicted octanol–water partition coefficient (Wildman–Crippen LogP) is 10.5. The minimum absolute atomic E-state index is 0.565. The molecule has 8 rings (SSSR count). The molecule has 5 heteroatoms. The van der Waals surface area contributed by atoms with Gasteiger partial charge >= 0.3 is 0 Å². The van der Waals surface area contributed by atoms with Crippen molar-refractivity contribution in [1.29, 1.82) is 5.26 Å². The van der Waals surface area contributed by atoms with Crippen LogP contribution in [0.3, 0.4) is 0 Å². The number of fused-ring (bicyclic) bond motifs is 6. The molecule has 0 amide bonds. The Morgan fingerprint density at radius 1 is 0.477 bits per heavy atom. The molecule has 8 aromatic rings. The molecule has 2 aromatic heterocycles. The van der Waals surface area contributed by atoms with Gasteiger partial charge in [0.15, 0.2) is 11.4 Å². The number of nitriles is 1. The quantitative estimate of drug-likeness (QED) is 0.199. The van der Waals surface area contributed by atoms with Gasteiger partial charge in [-0.1, -0.05) is 60.7 Å². The van der Waals surface area contributed by atoms with Crippen LogP contribution in [0.2, 0.25) is 0 Å². The van der Waals surface area contributed by atoms with Crippen LogP contribution in [0.5, 0.6) is 0 Å². The molecule has 0 aliphatic heterocycles. The van der Waals surface area contributed by atoms with E-state index in [1.165, 1.54) is 0 Å². The molecule has 0 unspecified atom stereocenters.